The standard InChI is InChI=1S/C22H31F2N8O2S.Y/c1-14-12-30(3)9-6-16(14)29-34-18-5-8-25-19(27-18)32-10-7-22(23,24)17(13-32)31(4)21(33)28-20-26-11-15(2)35-20;/h5,8,11,14,16-17H,6-7,9-10,12-13H2,1-4H3,(H,26,28,33);/q-1;. The summed E-state index contributed by atoms with van der Waals surface area (Å²) in [5.41, 5.74) is 4.36. The summed E-state index contributed by atoms with van der Waals surface area (Å²) in [4.78, 5) is 36.8. The van der Waals surface area contributed by atoms with Gasteiger partial charge in [-0.3, -0.25) is 5.32 Å². The van der Waals surface area contributed by atoms with Crippen LogP contribution in [0, 0.1) is 12.8 Å². The van der Waals surface area contributed by atoms with Gasteiger partial charge in [-0.2, -0.15) is 4.98 Å². The second kappa shape index (κ2) is 12.3. The molecule has 36 heavy (non-hydrogen) atoms. The van der Waals surface area contributed by atoms with Gasteiger partial charge in [-0.25, -0.2) is 23.5 Å². The molecule has 4 rings (SSSR count). The van der Waals surface area contributed by atoms with Crippen molar-refractivity contribution in [3.63, 3.8) is 0 Å². The quantitative estimate of drug-likeness (QED) is 0.507. The third kappa shape index (κ3) is 7.06. The number of piperidine rings is 2. The molecule has 3 atom stereocenters. The van der Waals surface area contributed by atoms with E-state index in [4.69, 9.17) is 4.84 Å². The minimum Gasteiger partial charge on any atom is -0.573 e. The Morgan fingerprint density at radius 1 is 1.33 bits per heavy atom. The minimum absolute atomic E-state index is 0. The van der Waals surface area contributed by atoms with Gasteiger partial charge in [0.25, 0.3) is 5.92 Å². The van der Waals surface area contributed by atoms with E-state index in [-0.39, 0.29) is 63.7 Å². The molecular formula is C22H31F2N8O2SY-. The Hall–Kier alpha value is -1.54. The fourth-order valence-electron chi connectivity index (χ4n) is 4.36. The molecule has 2 aliphatic rings. The number of anilines is 2. The Morgan fingerprint density at radius 2 is 2.11 bits per heavy atom. The van der Waals surface area contributed by atoms with Gasteiger partial charge in [0.05, 0.1) is 0 Å². The number of nitrogens with one attached hydrogen (secondary N) is 1. The van der Waals surface area contributed by atoms with Crippen molar-refractivity contribution in [2.75, 3.05) is 50.5 Å². The maximum absolute atomic E-state index is 14.8. The van der Waals surface area contributed by atoms with Gasteiger partial charge in [-0.15, -0.1) is 17.4 Å². The SMILES string of the molecule is Cc1cnc(NC(=O)N(C)C2CN(c3nccc(O[N-]C4CCN(C)CC4C)n3)CCC2(F)F)s1.[Y]. The molecule has 0 aliphatic carbocycles. The first-order valence-electron chi connectivity index (χ1n) is 11.6. The number of rotatable bonds is 6. The van der Waals surface area contributed by atoms with E-state index in [1.165, 1.54) is 24.6 Å². The summed E-state index contributed by atoms with van der Waals surface area (Å²) in [6, 6.07) is -0.347. The van der Waals surface area contributed by atoms with E-state index in [0.29, 0.717) is 11.0 Å². The van der Waals surface area contributed by atoms with Crippen LogP contribution in [0.5, 0.6) is 5.88 Å². The number of thiazole rings is 1. The molecule has 0 saturated carbocycles. The molecule has 3 unspecified atom stereocenters. The van der Waals surface area contributed by atoms with Gasteiger partial charge in [0.2, 0.25) is 11.8 Å². The number of hydrogen-bond donors (Lipinski definition) is 1. The predicted octanol–water partition coefficient (Wildman–Crippen LogP) is 3.62. The number of carbonyl (C=O) groups excluding carboxylic acids is 1. The van der Waals surface area contributed by atoms with Gasteiger partial charge in [0.1, 0.15) is 6.04 Å². The molecule has 2 aliphatic heterocycles. The zero-order chi connectivity index (χ0) is 25.2. The van der Waals surface area contributed by atoms with Crippen molar-refractivity contribution in [3.8, 4) is 5.88 Å². The first-order chi connectivity index (χ1) is 16.6. The Balaban J connectivity index is 0.00000361. The Labute approximate surface area is 239 Å². The first kappa shape index (κ1) is 29.0. The molecule has 2 saturated heterocycles. The van der Waals surface area contributed by atoms with Gasteiger partial charge in [0, 0.05) is 82.6 Å². The van der Waals surface area contributed by atoms with Crippen molar-refractivity contribution >= 4 is 28.4 Å². The fraction of sp³-hybridized carbons (Fsp3) is 0.636. The Morgan fingerprint density at radius 3 is 2.81 bits per heavy atom. The third-order valence-electron chi connectivity index (χ3n) is 6.46. The molecular weight excluding hydrogens is 567 g/mol. The molecule has 14 heteroatoms. The number of nitrogens with zero attached hydrogens (tertiary/aromatic N) is 7. The normalized spacial score (nSPS) is 24.1. The number of hydrogen-bond acceptors (Lipinski definition) is 8. The van der Waals surface area contributed by atoms with Crippen LogP contribution in [0.4, 0.5) is 24.7 Å². The van der Waals surface area contributed by atoms with Crippen LogP contribution in [0.2, 0.25) is 0 Å². The summed E-state index contributed by atoms with van der Waals surface area (Å²) < 4.78 is 29.7. The number of hydroxylamine groups is 1. The van der Waals surface area contributed by atoms with Crippen molar-refractivity contribution in [1.82, 2.24) is 24.8 Å². The number of aryl methyl sites for hydroxylation is 1. The van der Waals surface area contributed by atoms with E-state index in [1.807, 2.05) is 6.92 Å². The van der Waals surface area contributed by atoms with Gasteiger partial charge in [-0.05, 0) is 33.0 Å². The van der Waals surface area contributed by atoms with Gasteiger partial charge in [-0.1, -0.05) is 13.3 Å². The molecule has 2 aromatic heterocycles. The Kier molecular flexibility index (Phi) is 9.95. The van der Waals surface area contributed by atoms with Gasteiger partial charge >= 0.3 is 6.03 Å². The average Bonchev–Trinajstić information content (AvgIpc) is 3.22. The number of carbonyl (C=O) groups is 1. The van der Waals surface area contributed by atoms with E-state index in [2.05, 4.69) is 44.6 Å². The second-order valence-electron chi connectivity index (χ2n) is 9.28. The third-order valence-corrected chi connectivity index (χ3v) is 7.29. The van der Waals surface area contributed by atoms with Crippen molar-refractivity contribution in [2.45, 2.75) is 44.7 Å². The van der Waals surface area contributed by atoms with Crippen LogP contribution in [0.15, 0.2) is 18.5 Å². The molecule has 2 aromatic rings. The maximum atomic E-state index is 14.8. The number of halogens is 2. The molecule has 0 bridgehead atoms. The number of alkyl halides is 2. The van der Waals surface area contributed by atoms with Crippen LogP contribution in [0.25, 0.3) is 5.48 Å². The number of amides is 2. The number of likely N-dealkylation sites (tertiary alicyclic amines) is 1. The molecule has 1 radical (unpaired) electrons. The van der Waals surface area contributed by atoms with Crippen molar-refractivity contribution < 1.29 is 51.1 Å². The number of urea groups is 1. The zero-order valence-electron chi connectivity index (χ0n) is 20.9. The van der Waals surface area contributed by atoms with Crippen LogP contribution in [-0.4, -0.2) is 89.1 Å². The van der Waals surface area contributed by atoms with Gasteiger partial charge < -0.3 is 25.0 Å². The molecule has 1 N–H and O–H groups in total. The average molecular weight is 599 g/mol. The predicted molar refractivity (Wildman–Crippen MR) is 130 cm³/mol. The Bertz CT molecular complexity index is 1030. The minimum atomic E-state index is -3.06. The summed E-state index contributed by atoms with van der Waals surface area (Å²) in [5, 5.41) is 2.96. The largest absolute Gasteiger partial charge is 0.573 e. The monoisotopic (exact) mass is 598 g/mol. The molecule has 10 nitrogen and oxygen atoms in total. The molecule has 4 heterocycles. The number of likely N-dealkylation sites (N-methyl/N-ethyl adjacent to an activating group) is 1. The zero-order valence-corrected chi connectivity index (χ0v) is 24.6. The fourth-order valence-corrected chi connectivity index (χ4v) is 5.02. The van der Waals surface area contributed by atoms with Crippen LogP contribution in [0.1, 0.15) is 24.6 Å². The summed E-state index contributed by atoms with van der Waals surface area (Å²) in [7, 11) is 3.45. The molecule has 0 spiro atoms. The number of aromatic nitrogens is 3. The summed E-state index contributed by atoms with van der Waals surface area (Å²) >= 11 is 1.28. The van der Waals surface area contributed by atoms with Gasteiger partial charge in [0.15, 0.2) is 5.13 Å². The van der Waals surface area contributed by atoms with Crippen LogP contribution < -0.4 is 15.1 Å². The van der Waals surface area contributed by atoms with Crippen LogP contribution >= 0.6 is 11.3 Å². The topological polar surface area (TPSA) is 101 Å². The molecule has 2 fully saturated rings. The summed E-state index contributed by atoms with van der Waals surface area (Å²) in [5.74, 6) is -2.18. The molecule has 0 aromatic carbocycles. The van der Waals surface area contributed by atoms with E-state index >= 15 is 0 Å². The van der Waals surface area contributed by atoms with Crippen molar-refractivity contribution in [3.05, 3.63) is 28.8 Å². The molecule has 2 amide bonds. The van der Waals surface area contributed by atoms with Crippen LogP contribution in [0.3, 0.4) is 0 Å². The first-order valence-corrected chi connectivity index (χ1v) is 12.4. The van der Waals surface area contributed by atoms with E-state index in [1.54, 1.807) is 17.2 Å². The van der Waals surface area contributed by atoms with Crippen molar-refractivity contribution in [1.29, 1.82) is 0 Å². The second-order valence-corrected chi connectivity index (χ2v) is 10.5. The van der Waals surface area contributed by atoms with Crippen molar-refractivity contribution in [2.24, 2.45) is 5.92 Å². The smallest absolute Gasteiger partial charge is 0.323 e. The van der Waals surface area contributed by atoms with E-state index in [9.17, 15) is 13.6 Å². The van der Waals surface area contributed by atoms with Crippen LogP contribution in [-0.2, 0) is 32.7 Å². The summed E-state index contributed by atoms with van der Waals surface area (Å²) in [6.45, 7) is 5.80. The maximum Gasteiger partial charge on any atom is 0.323 e. The molecule has 195 valence electrons. The van der Waals surface area contributed by atoms with E-state index in [0.717, 1.165) is 29.3 Å². The summed E-state index contributed by atoms with van der Waals surface area (Å²) in [6.07, 6.45) is 3.60. The van der Waals surface area contributed by atoms with E-state index < -0.39 is 24.4 Å².